The van der Waals surface area contributed by atoms with Gasteiger partial charge in [-0.1, -0.05) is 42.0 Å². The van der Waals surface area contributed by atoms with Gasteiger partial charge in [-0.2, -0.15) is 0 Å². The van der Waals surface area contributed by atoms with Crippen molar-refractivity contribution < 1.29 is 4.79 Å². The Kier molecular flexibility index (Phi) is 4.74. The highest BCUT2D eigenvalue weighted by Crippen LogP contribution is 2.23. The SMILES string of the molecule is Cc1ccc(C(=O)CC2CC/C=C\CCC2)cc1. The summed E-state index contributed by atoms with van der Waals surface area (Å²) in [6.45, 7) is 2.05. The van der Waals surface area contributed by atoms with Crippen LogP contribution in [0.25, 0.3) is 0 Å². The Morgan fingerprint density at radius 1 is 1.11 bits per heavy atom. The minimum absolute atomic E-state index is 0.310. The molecular weight excluding hydrogens is 220 g/mol. The number of ketones is 1. The van der Waals surface area contributed by atoms with Gasteiger partial charge in [0.2, 0.25) is 0 Å². The Balaban J connectivity index is 1.93. The van der Waals surface area contributed by atoms with Crippen molar-refractivity contribution in [2.75, 3.05) is 0 Å². The van der Waals surface area contributed by atoms with Crippen LogP contribution in [-0.2, 0) is 0 Å². The standard InChI is InChI=1S/C17H22O/c1-14-9-11-16(12-10-14)17(18)13-15-7-5-3-2-4-6-8-15/h2-3,9-12,15H,4-8,13H2,1H3/b3-2-. The number of benzene rings is 1. The maximum Gasteiger partial charge on any atom is 0.163 e. The summed E-state index contributed by atoms with van der Waals surface area (Å²) in [6.07, 6.45) is 11.1. The first-order valence-corrected chi connectivity index (χ1v) is 7.00. The van der Waals surface area contributed by atoms with Gasteiger partial charge in [0.05, 0.1) is 0 Å². The van der Waals surface area contributed by atoms with E-state index >= 15 is 0 Å². The molecule has 1 aromatic carbocycles. The maximum absolute atomic E-state index is 12.2. The van der Waals surface area contributed by atoms with Crippen molar-refractivity contribution in [3.63, 3.8) is 0 Å². The van der Waals surface area contributed by atoms with E-state index in [4.69, 9.17) is 0 Å². The van der Waals surface area contributed by atoms with Crippen LogP contribution >= 0.6 is 0 Å². The second-order valence-electron chi connectivity index (χ2n) is 5.34. The molecule has 0 aliphatic heterocycles. The molecule has 1 aliphatic carbocycles. The number of hydrogen-bond acceptors (Lipinski definition) is 1. The molecule has 1 unspecified atom stereocenters. The zero-order chi connectivity index (χ0) is 12.8. The lowest BCUT2D eigenvalue weighted by Gasteiger charge is -2.16. The summed E-state index contributed by atoms with van der Waals surface area (Å²) in [6, 6.07) is 7.96. The zero-order valence-corrected chi connectivity index (χ0v) is 11.2. The normalized spacial score (nSPS) is 21.9. The quantitative estimate of drug-likeness (QED) is 0.554. The predicted molar refractivity (Wildman–Crippen MR) is 75.8 cm³/mol. The molecule has 0 heterocycles. The van der Waals surface area contributed by atoms with Gasteiger partial charge in [0, 0.05) is 12.0 Å². The Morgan fingerprint density at radius 3 is 2.61 bits per heavy atom. The summed E-state index contributed by atoms with van der Waals surface area (Å²) in [5.41, 5.74) is 2.08. The van der Waals surface area contributed by atoms with Crippen molar-refractivity contribution in [3.8, 4) is 0 Å². The number of hydrogen-bond donors (Lipinski definition) is 0. The summed E-state index contributed by atoms with van der Waals surface area (Å²) >= 11 is 0. The minimum atomic E-state index is 0.310. The molecular formula is C17H22O. The van der Waals surface area contributed by atoms with Crippen LogP contribution in [0.3, 0.4) is 0 Å². The van der Waals surface area contributed by atoms with E-state index in [-0.39, 0.29) is 0 Å². The van der Waals surface area contributed by atoms with Gasteiger partial charge in [-0.05, 0) is 44.9 Å². The lowest BCUT2D eigenvalue weighted by atomic mass is 9.88. The summed E-state index contributed by atoms with van der Waals surface area (Å²) in [7, 11) is 0. The second kappa shape index (κ2) is 6.53. The molecule has 18 heavy (non-hydrogen) atoms. The third-order valence-electron chi connectivity index (χ3n) is 3.74. The fourth-order valence-electron chi connectivity index (χ4n) is 2.56. The molecule has 0 saturated carbocycles. The highest BCUT2D eigenvalue weighted by molar-refractivity contribution is 5.96. The molecule has 0 radical (unpaired) electrons. The fraction of sp³-hybridized carbons (Fsp3) is 0.471. The Hall–Kier alpha value is -1.37. The summed E-state index contributed by atoms with van der Waals surface area (Å²) in [4.78, 5) is 12.2. The Bertz CT molecular complexity index is 414. The average Bonchev–Trinajstić information content (AvgIpc) is 2.33. The molecule has 0 bridgehead atoms. The lowest BCUT2D eigenvalue weighted by Crippen LogP contribution is -2.10. The molecule has 2 rings (SSSR count). The fourth-order valence-corrected chi connectivity index (χ4v) is 2.56. The van der Waals surface area contributed by atoms with E-state index < -0.39 is 0 Å². The Labute approximate surface area is 110 Å². The molecule has 0 amide bonds. The average molecular weight is 242 g/mol. The number of carbonyl (C=O) groups excluding carboxylic acids is 1. The second-order valence-corrected chi connectivity index (χ2v) is 5.34. The molecule has 96 valence electrons. The first-order chi connectivity index (χ1) is 8.75. The maximum atomic E-state index is 12.2. The Morgan fingerprint density at radius 2 is 1.83 bits per heavy atom. The number of rotatable bonds is 3. The van der Waals surface area contributed by atoms with E-state index in [0.717, 1.165) is 24.8 Å². The number of carbonyl (C=O) groups is 1. The molecule has 1 nitrogen and oxygen atoms in total. The summed E-state index contributed by atoms with van der Waals surface area (Å²) in [5.74, 6) is 0.883. The molecule has 0 spiro atoms. The van der Waals surface area contributed by atoms with E-state index in [1.54, 1.807) is 0 Å². The van der Waals surface area contributed by atoms with Crippen molar-refractivity contribution in [1.29, 1.82) is 0 Å². The molecule has 1 heteroatoms. The predicted octanol–water partition coefficient (Wildman–Crippen LogP) is 4.70. The van der Waals surface area contributed by atoms with Gasteiger partial charge in [-0.3, -0.25) is 4.79 Å². The number of aryl methyl sites for hydroxylation is 1. The third-order valence-corrected chi connectivity index (χ3v) is 3.74. The van der Waals surface area contributed by atoms with Gasteiger partial charge in [0.15, 0.2) is 5.78 Å². The zero-order valence-electron chi connectivity index (χ0n) is 11.2. The van der Waals surface area contributed by atoms with E-state index in [1.807, 2.05) is 24.3 Å². The third kappa shape index (κ3) is 3.83. The van der Waals surface area contributed by atoms with Gasteiger partial charge in [0.25, 0.3) is 0 Å². The molecule has 0 aromatic heterocycles. The van der Waals surface area contributed by atoms with Crippen LogP contribution in [0.4, 0.5) is 0 Å². The first kappa shape index (κ1) is 13.1. The molecule has 1 aliphatic rings. The summed E-state index contributed by atoms with van der Waals surface area (Å²) < 4.78 is 0. The van der Waals surface area contributed by atoms with Gasteiger partial charge in [-0.15, -0.1) is 0 Å². The smallest absolute Gasteiger partial charge is 0.163 e. The van der Waals surface area contributed by atoms with Crippen molar-refractivity contribution in [2.24, 2.45) is 5.92 Å². The van der Waals surface area contributed by atoms with Crippen molar-refractivity contribution in [3.05, 3.63) is 47.5 Å². The van der Waals surface area contributed by atoms with E-state index in [0.29, 0.717) is 11.7 Å². The highest BCUT2D eigenvalue weighted by atomic mass is 16.1. The van der Waals surface area contributed by atoms with Crippen LogP contribution in [0.15, 0.2) is 36.4 Å². The van der Waals surface area contributed by atoms with Crippen LogP contribution < -0.4 is 0 Å². The molecule has 1 aromatic rings. The van der Waals surface area contributed by atoms with E-state index in [1.165, 1.54) is 24.8 Å². The number of allylic oxidation sites excluding steroid dienone is 2. The molecule has 1 atom stereocenters. The van der Waals surface area contributed by atoms with Crippen molar-refractivity contribution >= 4 is 5.78 Å². The van der Waals surface area contributed by atoms with Crippen LogP contribution in [0.2, 0.25) is 0 Å². The first-order valence-electron chi connectivity index (χ1n) is 7.00. The van der Waals surface area contributed by atoms with Gasteiger partial charge in [-0.25, -0.2) is 0 Å². The minimum Gasteiger partial charge on any atom is -0.294 e. The monoisotopic (exact) mass is 242 g/mol. The topological polar surface area (TPSA) is 17.1 Å². The van der Waals surface area contributed by atoms with Gasteiger partial charge in [0.1, 0.15) is 0 Å². The van der Waals surface area contributed by atoms with E-state index in [9.17, 15) is 4.79 Å². The largest absolute Gasteiger partial charge is 0.294 e. The van der Waals surface area contributed by atoms with Crippen LogP contribution in [0.1, 0.15) is 54.4 Å². The lowest BCUT2D eigenvalue weighted by molar-refractivity contribution is 0.0956. The summed E-state index contributed by atoms with van der Waals surface area (Å²) in [5, 5.41) is 0. The van der Waals surface area contributed by atoms with Crippen LogP contribution in [0, 0.1) is 12.8 Å². The van der Waals surface area contributed by atoms with Crippen molar-refractivity contribution in [1.82, 2.24) is 0 Å². The van der Waals surface area contributed by atoms with Crippen molar-refractivity contribution in [2.45, 2.75) is 45.4 Å². The molecule has 0 N–H and O–H groups in total. The molecule has 0 saturated heterocycles. The van der Waals surface area contributed by atoms with Gasteiger partial charge < -0.3 is 0 Å². The van der Waals surface area contributed by atoms with E-state index in [2.05, 4.69) is 19.1 Å². The number of Topliss-reactive ketones (excluding diaryl/α,β-unsaturated/α-hetero) is 1. The van der Waals surface area contributed by atoms with Gasteiger partial charge >= 0.3 is 0 Å². The highest BCUT2D eigenvalue weighted by Gasteiger charge is 2.15. The van der Waals surface area contributed by atoms with Crippen LogP contribution in [-0.4, -0.2) is 5.78 Å². The molecule has 0 fully saturated rings. The van der Waals surface area contributed by atoms with Crippen LogP contribution in [0.5, 0.6) is 0 Å².